The normalized spacial score (nSPS) is 12.6. The first-order valence-corrected chi connectivity index (χ1v) is 22.2. The smallest absolute Gasteiger partial charge is 0.309 e. The summed E-state index contributed by atoms with van der Waals surface area (Å²) in [5.41, 5.74) is -3.04. The number of rotatable bonds is 6. The fourth-order valence-corrected chi connectivity index (χ4v) is 9.38. The van der Waals surface area contributed by atoms with Gasteiger partial charge in [0.15, 0.2) is 17.5 Å². The Labute approximate surface area is 409 Å². The van der Waals surface area contributed by atoms with Gasteiger partial charge < -0.3 is 9.13 Å². The van der Waals surface area contributed by atoms with Gasteiger partial charge in [-0.2, -0.15) is 57.9 Å². The molecule has 6 nitrogen and oxygen atoms in total. The molecule has 11 aromatic rings. The number of fused-ring (bicyclic) bond motifs is 6. The number of benzene rings is 8. The molecule has 0 spiro atoms. The van der Waals surface area contributed by atoms with Crippen molar-refractivity contribution >= 4 is 43.6 Å². The van der Waals surface area contributed by atoms with Crippen LogP contribution < -0.4 is 0 Å². The van der Waals surface area contributed by atoms with Crippen molar-refractivity contribution < 1.29 is 52.7 Å². The minimum Gasteiger partial charge on any atom is -0.309 e. The van der Waals surface area contributed by atoms with Gasteiger partial charge in [-0.15, -0.1) is 0 Å². The van der Waals surface area contributed by atoms with Crippen molar-refractivity contribution in [3.8, 4) is 62.7 Å². The van der Waals surface area contributed by atoms with Crippen LogP contribution in [0.5, 0.6) is 0 Å². The SMILES string of the molecule is N#Cc1cccc(-n2c3ccc(C(F)(F)F)cc3c3cc(C(F)(F)F)ccc32)c1-c1cc(-c2nc(-c3ccccc3)nc(-c3ccccc3)n2)ccc1-n1c2ccc(C(F)(F)F)cc2c2cc(C(F)(F)F)ccc21. The van der Waals surface area contributed by atoms with Crippen LogP contribution in [0.4, 0.5) is 52.7 Å². The summed E-state index contributed by atoms with van der Waals surface area (Å²) in [6.07, 6.45) is -19.6. The lowest BCUT2D eigenvalue weighted by molar-refractivity contribution is -0.138. The van der Waals surface area contributed by atoms with Crippen LogP contribution in [0, 0.1) is 11.3 Å². The molecule has 11 rings (SSSR count). The molecule has 3 heterocycles. The molecule has 0 aliphatic rings. The van der Waals surface area contributed by atoms with E-state index >= 15 is 0 Å². The van der Waals surface area contributed by atoms with Crippen LogP contribution >= 0.6 is 0 Å². The van der Waals surface area contributed by atoms with Crippen molar-refractivity contribution in [3.63, 3.8) is 0 Å². The fourth-order valence-electron chi connectivity index (χ4n) is 9.38. The monoisotopic (exact) mass is 1010 g/mol. The number of aromatic nitrogens is 5. The summed E-state index contributed by atoms with van der Waals surface area (Å²) in [5, 5.41) is 10.1. The van der Waals surface area contributed by atoms with E-state index in [-0.39, 0.29) is 94.7 Å². The molecule has 0 amide bonds. The van der Waals surface area contributed by atoms with Gasteiger partial charge >= 0.3 is 24.7 Å². The van der Waals surface area contributed by atoms with Crippen molar-refractivity contribution in [2.24, 2.45) is 0 Å². The predicted molar refractivity (Wildman–Crippen MR) is 255 cm³/mol. The molecule has 366 valence electrons. The maximum Gasteiger partial charge on any atom is 0.416 e. The van der Waals surface area contributed by atoms with E-state index in [0.29, 0.717) is 11.1 Å². The van der Waals surface area contributed by atoms with Crippen LogP contribution in [-0.4, -0.2) is 24.1 Å². The largest absolute Gasteiger partial charge is 0.416 e. The zero-order valence-corrected chi connectivity index (χ0v) is 37.4. The molecule has 0 N–H and O–H groups in total. The molecule has 0 unspecified atom stereocenters. The summed E-state index contributed by atoms with van der Waals surface area (Å²) in [7, 11) is 0. The predicted octanol–water partition coefficient (Wildman–Crippen LogP) is 16.7. The maximum absolute atomic E-state index is 14.4. The molecule has 0 aliphatic heterocycles. The molecule has 0 radical (unpaired) electrons. The summed E-state index contributed by atoms with van der Waals surface area (Å²) in [4.78, 5) is 14.5. The Morgan fingerprint density at radius 3 is 1.08 bits per heavy atom. The highest BCUT2D eigenvalue weighted by atomic mass is 19.4. The van der Waals surface area contributed by atoms with Crippen LogP contribution in [0.2, 0.25) is 0 Å². The Balaban J connectivity index is 1.28. The first-order valence-electron chi connectivity index (χ1n) is 22.2. The van der Waals surface area contributed by atoms with Crippen LogP contribution in [0.15, 0.2) is 170 Å². The number of hydrogen-bond acceptors (Lipinski definition) is 4. The maximum atomic E-state index is 14.4. The molecule has 74 heavy (non-hydrogen) atoms. The van der Waals surface area contributed by atoms with Gasteiger partial charge in [0.1, 0.15) is 0 Å². The molecule has 3 aromatic heterocycles. The zero-order valence-electron chi connectivity index (χ0n) is 37.4. The molecular weight excluding hydrogens is 985 g/mol. The second-order valence-corrected chi connectivity index (χ2v) is 17.2. The number of nitrogens with zero attached hydrogens (tertiary/aromatic N) is 6. The van der Waals surface area contributed by atoms with E-state index in [1.807, 2.05) is 0 Å². The number of halogens is 12. The van der Waals surface area contributed by atoms with Gasteiger partial charge in [-0.1, -0.05) is 66.7 Å². The minimum atomic E-state index is -4.91. The molecule has 0 atom stereocenters. The molecule has 0 fully saturated rings. The van der Waals surface area contributed by atoms with E-state index in [1.54, 1.807) is 72.8 Å². The molecule has 0 aliphatic carbocycles. The Morgan fingerprint density at radius 2 is 0.716 bits per heavy atom. The van der Waals surface area contributed by atoms with Crippen molar-refractivity contribution in [1.82, 2.24) is 24.1 Å². The van der Waals surface area contributed by atoms with Crippen molar-refractivity contribution in [3.05, 3.63) is 198 Å². The number of alkyl halides is 12. The molecule has 0 bridgehead atoms. The summed E-state index contributed by atoms with van der Waals surface area (Å²) >= 11 is 0. The van der Waals surface area contributed by atoms with Gasteiger partial charge in [0.05, 0.1) is 67.3 Å². The Morgan fingerprint density at radius 1 is 0.351 bits per heavy atom. The van der Waals surface area contributed by atoms with E-state index in [0.717, 1.165) is 72.8 Å². The fraction of sp³-hybridized carbons (Fsp3) is 0.0714. The number of nitriles is 1. The minimum absolute atomic E-state index is 0.00457. The second kappa shape index (κ2) is 17.1. The summed E-state index contributed by atoms with van der Waals surface area (Å²) < 4.78 is 175. The highest BCUT2D eigenvalue weighted by Gasteiger charge is 2.36. The van der Waals surface area contributed by atoms with E-state index in [4.69, 9.17) is 15.0 Å². The summed E-state index contributed by atoms with van der Waals surface area (Å²) in [6.45, 7) is 0. The topological polar surface area (TPSA) is 72.3 Å². The van der Waals surface area contributed by atoms with Crippen LogP contribution in [-0.2, 0) is 24.7 Å². The van der Waals surface area contributed by atoms with Gasteiger partial charge in [0.25, 0.3) is 0 Å². The molecular formula is C56H28F12N6. The molecule has 18 heteroatoms. The third kappa shape index (κ3) is 8.19. The van der Waals surface area contributed by atoms with Crippen LogP contribution in [0.25, 0.3) is 100 Å². The zero-order chi connectivity index (χ0) is 52.1. The first-order chi connectivity index (χ1) is 35.2. The van der Waals surface area contributed by atoms with Gasteiger partial charge in [-0.05, 0) is 103 Å². The van der Waals surface area contributed by atoms with E-state index in [1.165, 1.54) is 33.4 Å². The highest BCUT2D eigenvalue weighted by Crippen LogP contribution is 2.47. The first kappa shape index (κ1) is 47.4. The van der Waals surface area contributed by atoms with E-state index in [2.05, 4.69) is 6.07 Å². The Kier molecular flexibility index (Phi) is 10.9. The van der Waals surface area contributed by atoms with Gasteiger partial charge in [0.2, 0.25) is 0 Å². The molecule has 0 saturated carbocycles. The highest BCUT2D eigenvalue weighted by molar-refractivity contribution is 6.12. The van der Waals surface area contributed by atoms with Gasteiger partial charge in [0, 0.05) is 49.4 Å². The van der Waals surface area contributed by atoms with Crippen molar-refractivity contribution in [2.45, 2.75) is 24.7 Å². The lowest BCUT2D eigenvalue weighted by atomic mass is 9.94. The van der Waals surface area contributed by atoms with Crippen molar-refractivity contribution in [2.75, 3.05) is 0 Å². The van der Waals surface area contributed by atoms with E-state index in [9.17, 15) is 57.9 Å². The molecule has 8 aromatic carbocycles. The third-order valence-electron chi connectivity index (χ3n) is 12.7. The van der Waals surface area contributed by atoms with Gasteiger partial charge in [-0.3, -0.25) is 0 Å². The standard InChI is InChI=1S/C56H28F12N6/c57-53(58,59)34-15-20-43-38(25-34)39-26-35(54(60,61)62)16-21-44(39)73(43)47-19-14-32(52-71-50(30-8-3-1-4-9-30)70-51(72-52)31-10-5-2-6-11-31)24-42(47)49-33(29-69)12-7-13-48(49)74-45-22-17-36(55(63,64)65)27-40(45)41-28-37(56(66,67)68)18-23-46(41)74/h1-28H. The van der Waals surface area contributed by atoms with Crippen LogP contribution in [0.3, 0.4) is 0 Å². The summed E-state index contributed by atoms with van der Waals surface area (Å²) in [5.74, 6) is 0.552. The quantitative estimate of drug-likeness (QED) is 0.156. The lowest BCUT2D eigenvalue weighted by Gasteiger charge is -2.21. The van der Waals surface area contributed by atoms with Crippen LogP contribution in [0.1, 0.15) is 27.8 Å². The summed E-state index contributed by atoms with van der Waals surface area (Å²) in [6, 6.07) is 39.3. The van der Waals surface area contributed by atoms with Crippen molar-refractivity contribution in [1.29, 1.82) is 5.26 Å². The number of hydrogen-bond donors (Lipinski definition) is 0. The third-order valence-corrected chi connectivity index (χ3v) is 12.7. The second-order valence-electron chi connectivity index (χ2n) is 17.2. The van der Waals surface area contributed by atoms with E-state index < -0.39 is 47.0 Å². The molecule has 0 saturated heterocycles. The average molecular weight is 1010 g/mol. The Bertz CT molecular complexity index is 3890. The Hall–Kier alpha value is -8.98. The lowest BCUT2D eigenvalue weighted by Crippen LogP contribution is -2.06. The average Bonchev–Trinajstić information content (AvgIpc) is 3.90. The van der Waals surface area contributed by atoms with Gasteiger partial charge in [-0.25, -0.2) is 15.0 Å².